The molecule has 0 aliphatic carbocycles. The first-order chi connectivity index (χ1) is 15.2. The molecule has 1 aliphatic rings. The van der Waals surface area contributed by atoms with Crippen LogP contribution in [0, 0.1) is 0 Å². The van der Waals surface area contributed by atoms with Crippen LogP contribution in [-0.4, -0.2) is 64.5 Å². The Labute approximate surface area is 180 Å². The molecule has 3 aromatic rings. The van der Waals surface area contributed by atoms with Crippen molar-refractivity contribution in [3.63, 3.8) is 0 Å². The summed E-state index contributed by atoms with van der Waals surface area (Å²) < 4.78 is 5.35. The Balaban J connectivity index is 1.54. The molecular weight excluding hydrogens is 394 g/mol. The fourth-order valence-electron chi connectivity index (χ4n) is 3.34. The molecule has 1 aliphatic heterocycles. The maximum Gasteiger partial charge on any atom is 0.257 e. The van der Waals surface area contributed by atoms with Crippen LogP contribution in [0.3, 0.4) is 0 Å². The third-order valence-corrected chi connectivity index (χ3v) is 5.00. The number of morpholine rings is 1. The molecule has 4 rings (SSSR count). The van der Waals surface area contributed by atoms with Gasteiger partial charge in [0.1, 0.15) is 0 Å². The van der Waals surface area contributed by atoms with E-state index in [9.17, 15) is 9.59 Å². The van der Waals surface area contributed by atoms with Gasteiger partial charge in [0, 0.05) is 50.2 Å². The molecule has 1 saturated heterocycles. The fraction of sp³-hybridized carbons (Fsp3) is 0.261. The van der Waals surface area contributed by atoms with Crippen molar-refractivity contribution < 1.29 is 14.3 Å². The SMILES string of the molecule is O=C(NCCc1nc(-c2ccccc2)ncc1C(=O)N1CCOCC1)c1cccnc1. The number of ether oxygens (including phenoxy) is 1. The topological polar surface area (TPSA) is 97.3 Å². The summed E-state index contributed by atoms with van der Waals surface area (Å²) in [5, 5.41) is 2.87. The van der Waals surface area contributed by atoms with Gasteiger partial charge in [-0.1, -0.05) is 30.3 Å². The molecule has 8 heteroatoms. The molecule has 1 fully saturated rings. The highest BCUT2D eigenvalue weighted by molar-refractivity contribution is 5.95. The number of benzene rings is 1. The van der Waals surface area contributed by atoms with Gasteiger partial charge in [0.25, 0.3) is 11.8 Å². The van der Waals surface area contributed by atoms with Crippen molar-refractivity contribution in [2.24, 2.45) is 0 Å². The summed E-state index contributed by atoms with van der Waals surface area (Å²) >= 11 is 0. The van der Waals surface area contributed by atoms with Crippen LogP contribution in [0.15, 0.2) is 61.1 Å². The van der Waals surface area contributed by atoms with Gasteiger partial charge in [-0.2, -0.15) is 0 Å². The van der Waals surface area contributed by atoms with E-state index >= 15 is 0 Å². The zero-order valence-corrected chi connectivity index (χ0v) is 17.0. The van der Waals surface area contributed by atoms with Gasteiger partial charge < -0.3 is 15.0 Å². The van der Waals surface area contributed by atoms with Crippen molar-refractivity contribution in [2.75, 3.05) is 32.8 Å². The van der Waals surface area contributed by atoms with Crippen LogP contribution in [0.2, 0.25) is 0 Å². The fourth-order valence-corrected chi connectivity index (χ4v) is 3.34. The number of pyridine rings is 1. The van der Waals surface area contributed by atoms with E-state index in [-0.39, 0.29) is 11.8 Å². The Bertz CT molecular complexity index is 1040. The first kappa shape index (κ1) is 20.6. The van der Waals surface area contributed by atoms with Crippen LogP contribution in [0.4, 0.5) is 0 Å². The van der Waals surface area contributed by atoms with Gasteiger partial charge in [0.2, 0.25) is 0 Å². The van der Waals surface area contributed by atoms with Crippen LogP contribution in [0.5, 0.6) is 0 Å². The monoisotopic (exact) mass is 417 g/mol. The van der Waals surface area contributed by atoms with Gasteiger partial charge in [-0.05, 0) is 12.1 Å². The van der Waals surface area contributed by atoms with Gasteiger partial charge in [0.05, 0.1) is 30.0 Å². The molecule has 0 radical (unpaired) electrons. The Morgan fingerprint density at radius 3 is 2.58 bits per heavy atom. The molecule has 8 nitrogen and oxygen atoms in total. The number of rotatable bonds is 6. The van der Waals surface area contributed by atoms with Gasteiger partial charge in [-0.15, -0.1) is 0 Å². The highest BCUT2D eigenvalue weighted by atomic mass is 16.5. The summed E-state index contributed by atoms with van der Waals surface area (Å²) in [5.41, 5.74) is 2.42. The number of amides is 2. The Morgan fingerprint density at radius 2 is 1.84 bits per heavy atom. The summed E-state index contributed by atoms with van der Waals surface area (Å²) in [4.78, 5) is 40.2. The first-order valence-corrected chi connectivity index (χ1v) is 10.2. The minimum atomic E-state index is -0.216. The van der Waals surface area contributed by atoms with Gasteiger partial charge in [-0.25, -0.2) is 9.97 Å². The number of nitrogens with one attached hydrogen (secondary N) is 1. The third-order valence-electron chi connectivity index (χ3n) is 5.00. The van der Waals surface area contributed by atoms with E-state index in [1.165, 1.54) is 6.20 Å². The second kappa shape index (κ2) is 9.90. The van der Waals surface area contributed by atoms with Crippen LogP contribution in [0.1, 0.15) is 26.4 Å². The number of hydrogen-bond donors (Lipinski definition) is 1. The van der Waals surface area contributed by atoms with E-state index in [2.05, 4.69) is 20.3 Å². The number of carbonyl (C=O) groups excluding carboxylic acids is 2. The number of aromatic nitrogens is 3. The van der Waals surface area contributed by atoms with E-state index in [4.69, 9.17) is 4.74 Å². The highest BCUT2D eigenvalue weighted by Crippen LogP contribution is 2.18. The number of hydrogen-bond acceptors (Lipinski definition) is 6. The smallest absolute Gasteiger partial charge is 0.257 e. The summed E-state index contributed by atoms with van der Waals surface area (Å²) in [6, 6.07) is 13.0. The number of nitrogens with zero attached hydrogens (tertiary/aromatic N) is 4. The maximum absolute atomic E-state index is 13.1. The Hall–Kier alpha value is -3.65. The molecule has 1 N–H and O–H groups in total. The van der Waals surface area contributed by atoms with E-state index in [1.807, 2.05) is 30.3 Å². The van der Waals surface area contributed by atoms with Crippen LogP contribution < -0.4 is 5.32 Å². The molecule has 2 amide bonds. The van der Waals surface area contributed by atoms with Crippen molar-refractivity contribution in [3.8, 4) is 11.4 Å². The van der Waals surface area contributed by atoms with E-state index in [0.29, 0.717) is 61.9 Å². The second-order valence-electron chi connectivity index (χ2n) is 7.07. The van der Waals surface area contributed by atoms with E-state index < -0.39 is 0 Å². The summed E-state index contributed by atoms with van der Waals surface area (Å²) in [6.07, 6.45) is 5.12. The molecule has 0 saturated carbocycles. The summed E-state index contributed by atoms with van der Waals surface area (Å²) in [7, 11) is 0. The molecule has 3 heterocycles. The predicted octanol–water partition coefficient (Wildman–Crippen LogP) is 1.98. The lowest BCUT2D eigenvalue weighted by Crippen LogP contribution is -2.41. The average molecular weight is 417 g/mol. The van der Waals surface area contributed by atoms with Gasteiger partial charge >= 0.3 is 0 Å². The largest absolute Gasteiger partial charge is 0.378 e. The quantitative estimate of drug-likeness (QED) is 0.659. The number of carbonyl (C=O) groups is 2. The van der Waals surface area contributed by atoms with Crippen LogP contribution in [0.25, 0.3) is 11.4 Å². The molecule has 0 atom stereocenters. The highest BCUT2D eigenvalue weighted by Gasteiger charge is 2.23. The van der Waals surface area contributed by atoms with Crippen molar-refractivity contribution in [1.82, 2.24) is 25.2 Å². The lowest BCUT2D eigenvalue weighted by Gasteiger charge is -2.27. The second-order valence-corrected chi connectivity index (χ2v) is 7.07. The standard InChI is InChI=1S/C23H23N5O3/c29-22(18-7-4-9-24-15-18)25-10-8-20-19(23(30)28-11-13-31-14-12-28)16-26-21(27-20)17-5-2-1-3-6-17/h1-7,9,15-16H,8,10-14H2,(H,25,29). The van der Waals surface area contributed by atoms with Crippen molar-refractivity contribution in [2.45, 2.75) is 6.42 Å². The summed E-state index contributed by atoms with van der Waals surface area (Å²) in [6.45, 7) is 2.45. The molecule has 0 spiro atoms. The molecule has 31 heavy (non-hydrogen) atoms. The van der Waals surface area contributed by atoms with Crippen molar-refractivity contribution in [3.05, 3.63) is 77.9 Å². The minimum Gasteiger partial charge on any atom is -0.378 e. The molecule has 2 aromatic heterocycles. The molecular formula is C23H23N5O3. The third kappa shape index (κ3) is 5.10. The van der Waals surface area contributed by atoms with Crippen molar-refractivity contribution in [1.29, 1.82) is 0 Å². The van der Waals surface area contributed by atoms with E-state index in [0.717, 1.165) is 5.56 Å². The average Bonchev–Trinajstić information content (AvgIpc) is 2.85. The van der Waals surface area contributed by atoms with Crippen LogP contribution >= 0.6 is 0 Å². The predicted molar refractivity (Wildman–Crippen MR) is 114 cm³/mol. The Kier molecular flexibility index (Phi) is 6.59. The summed E-state index contributed by atoms with van der Waals surface area (Å²) in [5.74, 6) is 0.218. The Morgan fingerprint density at radius 1 is 1.03 bits per heavy atom. The molecule has 158 valence electrons. The molecule has 1 aromatic carbocycles. The normalized spacial score (nSPS) is 13.6. The van der Waals surface area contributed by atoms with Crippen LogP contribution in [-0.2, 0) is 11.2 Å². The lowest BCUT2D eigenvalue weighted by molar-refractivity contribution is 0.0301. The van der Waals surface area contributed by atoms with E-state index in [1.54, 1.807) is 29.4 Å². The van der Waals surface area contributed by atoms with Gasteiger partial charge in [0.15, 0.2) is 5.82 Å². The van der Waals surface area contributed by atoms with Gasteiger partial charge in [-0.3, -0.25) is 14.6 Å². The zero-order chi connectivity index (χ0) is 21.5. The maximum atomic E-state index is 13.1. The lowest BCUT2D eigenvalue weighted by atomic mass is 10.1. The molecule has 0 unspecified atom stereocenters. The first-order valence-electron chi connectivity index (χ1n) is 10.2. The minimum absolute atomic E-state index is 0.114. The van der Waals surface area contributed by atoms with Crippen molar-refractivity contribution >= 4 is 11.8 Å². The zero-order valence-electron chi connectivity index (χ0n) is 17.0. The molecule has 0 bridgehead atoms.